The standard InChI is InChI=1S/C20H25IN2O4S/c1-19(2,3)27-18(26)15-20(4,11-21)28-17-14(16(25)23(15)17)22-13(24)10-12-8-6-5-7-9-12/h5-9,14-15,17H,10-11H2,1-4H3,(H,22,24)/t14?,15?,17-,20?/m0/s1. The van der Waals surface area contributed by atoms with Crippen LogP contribution in [-0.2, 0) is 25.5 Å². The Balaban J connectivity index is 1.71. The highest BCUT2D eigenvalue weighted by molar-refractivity contribution is 14.1. The Morgan fingerprint density at radius 2 is 1.93 bits per heavy atom. The van der Waals surface area contributed by atoms with Crippen LogP contribution < -0.4 is 5.32 Å². The minimum Gasteiger partial charge on any atom is -0.458 e. The number of fused-ring (bicyclic) bond motifs is 1. The average molecular weight is 516 g/mol. The maximum atomic E-state index is 12.8. The zero-order chi connectivity index (χ0) is 20.7. The number of alkyl halides is 1. The van der Waals surface area contributed by atoms with Crippen LogP contribution >= 0.6 is 34.4 Å². The number of hydrogen-bond acceptors (Lipinski definition) is 5. The van der Waals surface area contributed by atoms with Gasteiger partial charge >= 0.3 is 5.97 Å². The fraction of sp³-hybridized carbons (Fsp3) is 0.550. The first-order chi connectivity index (χ1) is 13.1. The van der Waals surface area contributed by atoms with Gasteiger partial charge in [0.1, 0.15) is 23.1 Å². The molecule has 28 heavy (non-hydrogen) atoms. The molecule has 0 aromatic heterocycles. The number of amides is 2. The molecule has 0 radical (unpaired) electrons. The van der Waals surface area contributed by atoms with Gasteiger partial charge in [0, 0.05) is 4.43 Å². The van der Waals surface area contributed by atoms with Crippen LogP contribution in [0.4, 0.5) is 0 Å². The normalized spacial score (nSPS) is 29.1. The number of benzene rings is 1. The second kappa shape index (κ2) is 7.85. The van der Waals surface area contributed by atoms with Crippen LogP contribution in [0.1, 0.15) is 33.3 Å². The molecule has 2 heterocycles. The van der Waals surface area contributed by atoms with Crippen molar-refractivity contribution in [3.63, 3.8) is 0 Å². The number of carbonyl (C=O) groups excluding carboxylic acids is 3. The summed E-state index contributed by atoms with van der Waals surface area (Å²) in [5.41, 5.74) is 0.273. The van der Waals surface area contributed by atoms with Crippen LogP contribution in [0.25, 0.3) is 0 Å². The van der Waals surface area contributed by atoms with Crippen LogP contribution in [0, 0.1) is 0 Å². The predicted octanol–water partition coefficient (Wildman–Crippen LogP) is 2.53. The molecule has 0 bridgehead atoms. The molecular weight excluding hydrogens is 491 g/mol. The molecule has 152 valence electrons. The molecule has 2 fully saturated rings. The van der Waals surface area contributed by atoms with Crippen molar-refractivity contribution in [2.75, 3.05) is 4.43 Å². The van der Waals surface area contributed by atoms with Crippen molar-refractivity contribution in [1.29, 1.82) is 0 Å². The minimum atomic E-state index is -0.645. The first kappa shape index (κ1) is 21.4. The van der Waals surface area contributed by atoms with Crippen LogP contribution in [-0.4, -0.2) is 54.9 Å². The second-order valence-electron chi connectivity index (χ2n) is 8.34. The molecule has 3 unspecified atom stereocenters. The predicted molar refractivity (Wildman–Crippen MR) is 117 cm³/mol. The van der Waals surface area contributed by atoms with Crippen LogP contribution in [0.2, 0.25) is 0 Å². The summed E-state index contributed by atoms with van der Waals surface area (Å²) in [6.07, 6.45) is 0.223. The number of nitrogens with one attached hydrogen (secondary N) is 1. The fourth-order valence-corrected chi connectivity index (χ4v) is 6.05. The molecule has 6 nitrogen and oxygen atoms in total. The van der Waals surface area contributed by atoms with Crippen molar-refractivity contribution in [3.05, 3.63) is 35.9 Å². The first-order valence-corrected chi connectivity index (χ1v) is 11.6. The van der Waals surface area contributed by atoms with Gasteiger partial charge in [-0.05, 0) is 33.3 Å². The summed E-state index contributed by atoms with van der Waals surface area (Å²) in [5, 5.41) is 2.60. The summed E-state index contributed by atoms with van der Waals surface area (Å²) in [6, 6.07) is 8.16. The van der Waals surface area contributed by atoms with Gasteiger partial charge in [0.15, 0.2) is 0 Å². The first-order valence-electron chi connectivity index (χ1n) is 9.18. The number of nitrogens with zero attached hydrogens (tertiary/aromatic N) is 1. The quantitative estimate of drug-likeness (QED) is 0.282. The van der Waals surface area contributed by atoms with E-state index < -0.39 is 22.4 Å². The molecule has 3 rings (SSSR count). The number of halogens is 1. The van der Waals surface area contributed by atoms with Gasteiger partial charge in [-0.15, -0.1) is 11.8 Å². The topological polar surface area (TPSA) is 75.7 Å². The monoisotopic (exact) mass is 516 g/mol. The van der Waals surface area contributed by atoms with Crippen molar-refractivity contribution >= 4 is 52.1 Å². The number of esters is 1. The number of hydrogen-bond donors (Lipinski definition) is 1. The highest BCUT2D eigenvalue weighted by Crippen LogP contribution is 2.52. The van der Waals surface area contributed by atoms with E-state index in [1.165, 1.54) is 0 Å². The van der Waals surface area contributed by atoms with Crippen molar-refractivity contribution in [1.82, 2.24) is 10.2 Å². The summed E-state index contributed by atoms with van der Waals surface area (Å²) in [4.78, 5) is 39.6. The average Bonchev–Trinajstić information content (AvgIpc) is 2.90. The molecule has 1 N–H and O–H groups in total. The van der Waals surface area contributed by atoms with E-state index in [0.29, 0.717) is 4.43 Å². The number of β-lactam (4-membered cyclic amide) rings is 1. The molecule has 8 heteroatoms. The zero-order valence-electron chi connectivity index (χ0n) is 16.4. The fourth-order valence-electron chi connectivity index (χ4n) is 3.48. The third-order valence-electron chi connectivity index (χ3n) is 4.75. The number of rotatable bonds is 5. The third kappa shape index (κ3) is 4.17. The van der Waals surface area contributed by atoms with Crippen LogP contribution in [0.3, 0.4) is 0 Å². The highest BCUT2D eigenvalue weighted by atomic mass is 127. The van der Waals surface area contributed by atoms with Gasteiger partial charge in [-0.3, -0.25) is 9.59 Å². The van der Waals surface area contributed by atoms with Crippen molar-refractivity contribution in [2.45, 2.75) is 61.9 Å². The maximum absolute atomic E-state index is 12.8. The lowest BCUT2D eigenvalue weighted by Gasteiger charge is -2.44. The van der Waals surface area contributed by atoms with E-state index in [0.717, 1.165) is 5.56 Å². The van der Waals surface area contributed by atoms with E-state index in [4.69, 9.17) is 4.74 Å². The molecule has 2 saturated heterocycles. The lowest BCUT2D eigenvalue weighted by atomic mass is 9.95. The third-order valence-corrected chi connectivity index (χ3v) is 8.49. The Morgan fingerprint density at radius 1 is 1.29 bits per heavy atom. The Kier molecular flexibility index (Phi) is 6.01. The smallest absolute Gasteiger partial charge is 0.330 e. The Morgan fingerprint density at radius 3 is 2.50 bits per heavy atom. The molecule has 0 saturated carbocycles. The van der Waals surface area contributed by atoms with Gasteiger partial charge < -0.3 is 15.0 Å². The highest BCUT2D eigenvalue weighted by Gasteiger charge is 2.65. The van der Waals surface area contributed by atoms with Gasteiger partial charge in [0.25, 0.3) is 0 Å². The summed E-state index contributed by atoms with van der Waals surface area (Å²) in [7, 11) is 0. The maximum Gasteiger partial charge on any atom is 0.330 e. The number of ether oxygens (including phenoxy) is 1. The van der Waals surface area contributed by atoms with Gasteiger partial charge in [-0.2, -0.15) is 0 Å². The van der Waals surface area contributed by atoms with E-state index in [1.807, 2.05) is 58.0 Å². The summed E-state index contributed by atoms with van der Waals surface area (Å²) in [6.45, 7) is 7.43. The molecule has 0 aliphatic carbocycles. The second-order valence-corrected chi connectivity index (χ2v) is 10.8. The molecule has 2 aliphatic heterocycles. The van der Waals surface area contributed by atoms with Gasteiger partial charge in [-0.1, -0.05) is 52.9 Å². The Hall–Kier alpha value is -1.29. The van der Waals surface area contributed by atoms with E-state index in [-0.39, 0.29) is 29.6 Å². The number of thioether (sulfide) groups is 1. The molecule has 2 amide bonds. The van der Waals surface area contributed by atoms with E-state index in [9.17, 15) is 14.4 Å². The molecular formula is C20H25IN2O4S. The lowest BCUT2D eigenvalue weighted by molar-refractivity contribution is -0.171. The summed E-state index contributed by atoms with van der Waals surface area (Å²) in [5.74, 6) is -0.797. The molecule has 0 spiro atoms. The van der Waals surface area contributed by atoms with Crippen molar-refractivity contribution < 1.29 is 19.1 Å². The number of carbonyl (C=O) groups is 3. The Bertz CT molecular complexity index is 782. The Labute approximate surface area is 183 Å². The van der Waals surface area contributed by atoms with E-state index >= 15 is 0 Å². The molecule has 1 aromatic carbocycles. The lowest BCUT2D eigenvalue weighted by Crippen LogP contribution is -2.71. The molecule has 4 atom stereocenters. The minimum absolute atomic E-state index is 0.193. The SMILES string of the molecule is CC(C)(C)OC(=O)C1N2C(=O)C(NC(=O)Cc3ccccc3)[C@@H]2SC1(C)CI. The van der Waals surface area contributed by atoms with Gasteiger partial charge in [0.2, 0.25) is 11.8 Å². The summed E-state index contributed by atoms with van der Waals surface area (Å²) >= 11 is 3.81. The van der Waals surface area contributed by atoms with Crippen LogP contribution in [0.15, 0.2) is 30.3 Å². The zero-order valence-corrected chi connectivity index (χ0v) is 19.4. The summed E-state index contributed by atoms with van der Waals surface area (Å²) < 4.78 is 5.81. The van der Waals surface area contributed by atoms with Gasteiger partial charge in [-0.25, -0.2) is 4.79 Å². The van der Waals surface area contributed by atoms with Crippen molar-refractivity contribution in [3.8, 4) is 0 Å². The van der Waals surface area contributed by atoms with Gasteiger partial charge in [0.05, 0.1) is 11.2 Å². The molecule has 2 aliphatic rings. The van der Waals surface area contributed by atoms with Crippen LogP contribution in [0.5, 0.6) is 0 Å². The van der Waals surface area contributed by atoms with Crippen molar-refractivity contribution in [2.24, 2.45) is 0 Å². The molecule has 1 aromatic rings. The van der Waals surface area contributed by atoms with E-state index in [1.54, 1.807) is 16.7 Å². The largest absolute Gasteiger partial charge is 0.458 e. The van der Waals surface area contributed by atoms with E-state index in [2.05, 4.69) is 27.9 Å².